The van der Waals surface area contributed by atoms with Gasteiger partial charge in [-0.2, -0.15) is 0 Å². The third kappa shape index (κ3) is 1.88. The van der Waals surface area contributed by atoms with Crippen molar-refractivity contribution in [1.82, 2.24) is 0 Å². The third-order valence-electron chi connectivity index (χ3n) is 3.13. The molecule has 0 fully saturated rings. The second-order valence-electron chi connectivity index (χ2n) is 4.58. The van der Waals surface area contributed by atoms with E-state index in [1.807, 2.05) is 36.4 Å². The lowest BCUT2D eigenvalue weighted by atomic mass is 9.75. The van der Waals surface area contributed by atoms with Crippen LogP contribution < -0.4 is 22.9 Å². The second kappa shape index (κ2) is 3.68. The fourth-order valence-electron chi connectivity index (χ4n) is 2.08. The number of benzene rings is 1. The summed E-state index contributed by atoms with van der Waals surface area (Å²) in [5, 5.41) is 0. The van der Waals surface area contributed by atoms with Crippen LogP contribution in [0.5, 0.6) is 0 Å². The Bertz CT molecular complexity index is 399. The Morgan fingerprint density at radius 2 is 1.69 bits per heavy atom. The van der Waals surface area contributed by atoms with Crippen molar-refractivity contribution >= 4 is 0 Å². The average molecular weight is 218 g/mol. The van der Waals surface area contributed by atoms with Gasteiger partial charge in [-0.25, -0.2) is 0 Å². The van der Waals surface area contributed by atoms with Gasteiger partial charge < -0.3 is 22.9 Å². The van der Waals surface area contributed by atoms with Gasteiger partial charge in [0.15, 0.2) is 0 Å². The summed E-state index contributed by atoms with van der Waals surface area (Å²) in [5.74, 6) is 0. The van der Waals surface area contributed by atoms with Crippen LogP contribution in [0.25, 0.3) is 0 Å². The van der Waals surface area contributed by atoms with Crippen molar-refractivity contribution in [2.75, 3.05) is 0 Å². The van der Waals surface area contributed by atoms with Gasteiger partial charge in [0.1, 0.15) is 0 Å². The van der Waals surface area contributed by atoms with Crippen molar-refractivity contribution in [3.8, 4) is 0 Å². The zero-order chi connectivity index (χ0) is 11.8. The van der Waals surface area contributed by atoms with Crippen LogP contribution in [0.15, 0.2) is 42.5 Å². The summed E-state index contributed by atoms with van der Waals surface area (Å²) in [6, 6.07) is 9.42. The molecule has 0 bridgehead atoms. The molecule has 86 valence electrons. The van der Waals surface area contributed by atoms with Gasteiger partial charge in [0.05, 0.1) is 17.2 Å². The monoisotopic (exact) mass is 218 g/mol. The quantitative estimate of drug-likeness (QED) is 0.385. The van der Waals surface area contributed by atoms with E-state index in [2.05, 4.69) is 0 Å². The molecule has 0 saturated heterocycles. The van der Waals surface area contributed by atoms with Crippen molar-refractivity contribution in [1.29, 1.82) is 0 Å². The van der Waals surface area contributed by atoms with E-state index in [-0.39, 0.29) is 6.04 Å². The van der Waals surface area contributed by atoms with Crippen LogP contribution in [-0.4, -0.2) is 11.7 Å². The summed E-state index contributed by atoms with van der Waals surface area (Å²) in [5.41, 5.74) is 23.5. The summed E-state index contributed by atoms with van der Waals surface area (Å²) >= 11 is 0. The molecule has 0 amide bonds. The fourth-order valence-corrected chi connectivity index (χ4v) is 2.08. The van der Waals surface area contributed by atoms with Crippen molar-refractivity contribution in [3.63, 3.8) is 0 Å². The maximum atomic E-state index is 6.32. The Labute approximate surface area is 95.3 Å². The van der Waals surface area contributed by atoms with Crippen molar-refractivity contribution in [2.24, 2.45) is 22.9 Å². The minimum absolute atomic E-state index is 0.354. The zero-order valence-electron chi connectivity index (χ0n) is 9.14. The van der Waals surface area contributed by atoms with Gasteiger partial charge in [-0.3, -0.25) is 0 Å². The van der Waals surface area contributed by atoms with Crippen LogP contribution in [-0.2, 0) is 5.54 Å². The van der Waals surface area contributed by atoms with Gasteiger partial charge in [-0.15, -0.1) is 0 Å². The number of hydrogen-bond donors (Lipinski definition) is 4. The molecule has 0 aliphatic heterocycles. The van der Waals surface area contributed by atoms with E-state index in [0.29, 0.717) is 6.42 Å². The topological polar surface area (TPSA) is 104 Å². The summed E-state index contributed by atoms with van der Waals surface area (Å²) in [6.07, 6.45) is 4.11. The predicted molar refractivity (Wildman–Crippen MR) is 65.1 cm³/mol. The number of hydrogen-bond acceptors (Lipinski definition) is 4. The molecule has 2 unspecified atom stereocenters. The third-order valence-corrected chi connectivity index (χ3v) is 3.13. The summed E-state index contributed by atoms with van der Waals surface area (Å²) in [4.78, 5) is 0. The van der Waals surface area contributed by atoms with Crippen molar-refractivity contribution in [3.05, 3.63) is 48.0 Å². The van der Waals surface area contributed by atoms with Gasteiger partial charge in [0.2, 0.25) is 0 Å². The van der Waals surface area contributed by atoms with E-state index in [4.69, 9.17) is 22.9 Å². The lowest BCUT2D eigenvalue weighted by Gasteiger charge is -2.41. The van der Waals surface area contributed by atoms with E-state index in [1.54, 1.807) is 6.08 Å². The minimum Gasteiger partial charge on any atom is -0.322 e. The Kier molecular flexibility index (Phi) is 2.59. The Balaban J connectivity index is 2.38. The molecule has 0 spiro atoms. The second-order valence-corrected chi connectivity index (χ2v) is 4.58. The Morgan fingerprint density at radius 3 is 2.25 bits per heavy atom. The molecule has 0 heterocycles. The van der Waals surface area contributed by atoms with Gasteiger partial charge in [-0.1, -0.05) is 42.5 Å². The number of rotatable bonds is 1. The lowest BCUT2D eigenvalue weighted by Crippen LogP contribution is -2.67. The highest BCUT2D eigenvalue weighted by atomic mass is 15.0. The molecule has 0 aromatic heterocycles. The molecule has 1 aliphatic carbocycles. The largest absolute Gasteiger partial charge is 0.322 e. The maximum Gasteiger partial charge on any atom is 0.0853 e. The molecule has 16 heavy (non-hydrogen) atoms. The Hall–Kier alpha value is -1.20. The highest BCUT2D eigenvalue weighted by Crippen LogP contribution is 2.31. The summed E-state index contributed by atoms with van der Waals surface area (Å²) in [7, 11) is 0. The Morgan fingerprint density at radius 1 is 1.06 bits per heavy atom. The highest BCUT2D eigenvalue weighted by molar-refractivity contribution is 5.33. The summed E-state index contributed by atoms with van der Waals surface area (Å²) < 4.78 is 0. The van der Waals surface area contributed by atoms with E-state index >= 15 is 0 Å². The number of nitrogens with two attached hydrogens (primary N) is 4. The smallest absolute Gasteiger partial charge is 0.0853 e. The van der Waals surface area contributed by atoms with Crippen molar-refractivity contribution < 1.29 is 0 Å². The molecular formula is C12H18N4. The lowest BCUT2D eigenvalue weighted by molar-refractivity contribution is 0.282. The molecule has 0 radical (unpaired) electrons. The SMILES string of the molecule is NC1C=CC(N)(c2ccccc2)CC1(N)N. The molecule has 1 aromatic carbocycles. The summed E-state index contributed by atoms with van der Waals surface area (Å²) in [6.45, 7) is 0. The molecule has 4 heteroatoms. The highest BCUT2D eigenvalue weighted by Gasteiger charge is 2.40. The molecule has 1 aromatic rings. The fraction of sp³-hybridized carbons (Fsp3) is 0.333. The first kappa shape index (κ1) is 11.3. The van der Waals surface area contributed by atoms with Gasteiger partial charge in [0, 0.05) is 6.42 Å². The first-order valence-corrected chi connectivity index (χ1v) is 5.31. The molecule has 2 atom stereocenters. The van der Waals surface area contributed by atoms with Gasteiger partial charge >= 0.3 is 0 Å². The van der Waals surface area contributed by atoms with Gasteiger partial charge in [-0.05, 0) is 5.56 Å². The average Bonchev–Trinajstić information content (AvgIpc) is 2.25. The van der Waals surface area contributed by atoms with Crippen LogP contribution in [0.1, 0.15) is 12.0 Å². The zero-order valence-corrected chi connectivity index (χ0v) is 9.14. The maximum absolute atomic E-state index is 6.32. The molecule has 0 saturated carbocycles. The molecule has 2 rings (SSSR count). The first-order valence-electron chi connectivity index (χ1n) is 5.31. The normalized spacial score (nSPS) is 32.6. The molecule has 1 aliphatic rings. The van der Waals surface area contributed by atoms with Crippen LogP contribution >= 0.6 is 0 Å². The molecular weight excluding hydrogens is 200 g/mol. The van der Waals surface area contributed by atoms with Gasteiger partial charge in [0.25, 0.3) is 0 Å². The van der Waals surface area contributed by atoms with Crippen LogP contribution in [0, 0.1) is 0 Å². The van der Waals surface area contributed by atoms with Crippen LogP contribution in [0.4, 0.5) is 0 Å². The standard InChI is InChI=1S/C12H18N4/c13-10-6-7-11(14,8-12(10,15)16)9-4-2-1-3-5-9/h1-7,10H,8,13-16H2. The molecule has 8 N–H and O–H groups in total. The van der Waals surface area contributed by atoms with Crippen LogP contribution in [0.3, 0.4) is 0 Å². The van der Waals surface area contributed by atoms with Crippen LogP contribution in [0.2, 0.25) is 0 Å². The predicted octanol–water partition coefficient (Wildman–Crippen LogP) is -0.258. The van der Waals surface area contributed by atoms with E-state index in [1.165, 1.54) is 0 Å². The van der Waals surface area contributed by atoms with E-state index < -0.39 is 11.2 Å². The van der Waals surface area contributed by atoms with E-state index in [0.717, 1.165) is 5.56 Å². The minimum atomic E-state index is -0.959. The first-order chi connectivity index (χ1) is 7.44. The van der Waals surface area contributed by atoms with Crippen molar-refractivity contribution in [2.45, 2.75) is 23.7 Å². The molecule has 4 nitrogen and oxygen atoms in total. The van der Waals surface area contributed by atoms with E-state index in [9.17, 15) is 0 Å².